The Balaban J connectivity index is 1.42. The molecule has 24 heavy (non-hydrogen) atoms. The maximum Gasteiger partial charge on any atom is 0.128 e. The van der Waals surface area contributed by atoms with Crippen molar-refractivity contribution in [2.24, 2.45) is 7.05 Å². The summed E-state index contributed by atoms with van der Waals surface area (Å²) in [5.74, 6) is 1.57. The molecule has 0 atom stereocenters. The molecule has 126 valence electrons. The first kappa shape index (κ1) is 16.3. The number of rotatable bonds is 3. The Labute approximate surface area is 155 Å². The topological polar surface area (TPSA) is 34.0 Å². The van der Waals surface area contributed by atoms with Crippen LogP contribution in [0.15, 0.2) is 24.4 Å². The van der Waals surface area contributed by atoms with Crippen molar-refractivity contribution in [3.05, 3.63) is 45.4 Å². The monoisotopic (exact) mass is 380 g/mol. The van der Waals surface area contributed by atoms with Gasteiger partial charge in [-0.3, -0.25) is 4.90 Å². The number of hydrogen-bond donors (Lipinski definition) is 0. The van der Waals surface area contributed by atoms with E-state index in [1.807, 2.05) is 23.7 Å². The third-order valence-electron chi connectivity index (χ3n) is 4.70. The van der Waals surface area contributed by atoms with Gasteiger partial charge in [0.2, 0.25) is 0 Å². The largest absolute Gasteiger partial charge is 0.321 e. The van der Waals surface area contributed by atoms with Crippen LogP contribution in [0.3, 0.4) is 0 Å². The van der Waals surface area contributed by atoms with Crippen LogP contribution in [0.1, 0.15) is 29.6 Å². The molecule has 1 aliphatic rings. The Bertz CT molecular complexity index is 865. The zero-order valence-corrected chi connectivity index (χ0v) is 15.7. The van der Waals surface area contributed by atoms with Crippen LogP contribution in [-0.4, -0.2) is 32.5 Å². The number of piperidine rings is 1. The number of imidazole rings is 1. The van der Waals surface area contributed by atoms with Gasteiger partial charge in [-0.15, -0.1) is 11.3 Å². The summed E-state index contributed by atoms with van der Waals surface area (Å²) in [4.78, 5) is 11.6. The van der Waals surface area contributed by atoms with Crippen molar-refractivity contribution >= 4 is 44.8 Å². The molecule has 0 spiro atoms. The van der Waals surface area contributed by atoms with Gasteiger partial charge in [-0.25, -0.2) is 9.97 Å². The minimum absolute atomic E-state index is 0.544. The number of thiazole rings is 1. The maximum atomic E-state index is 6.07. The van der Waals surface area contributed by atoms with Gasteiger partial charge >= 0.3 is 0 Å². The van der Waals surface area contributed by atoms with Crippen molar-refractivity contribution in [3.8, 4) is 0 Å². The van der Waals surface area contributed by atoms with E-state index >= 15 is 0 Å². The van der Waals surface area contributed by atoms with Gasteiger partial charge in [-0.1, -0.05) is 23.2 Å². The van der Waals surface area contributed by atoms with Crippen molar-refractivity contribution in [1.29, 1.82) is 0 Å². The van der Waals surface area contributed by atoms with Gasteiger partial charge in [0, 0.05) is 18.0 Å². The summed E-state index contributed by atoms with van der Waals surface area (Å²) < 4.78 is 3.17. The number of likely N-dealkylation sites (tertiary alicyclic amines) is 1. The van der Waals surface area contributed by atoms with E-state index in [9.17, 15) is 0 Å². The minimum atomic E-state index is 0.544. The van der Waals surface area contributed by atoms with Crippen LogP contribution in [0.25, 0.3) is 10.2 Å². The van der Waals surface area contributed by atoms with Gasteiger partial charge in [0.15, 0.2) is 0 Å². The lowest BCUT2D eigenvalue weighted by Crippen LogP contribution is -2.33. The van der Waals surface area contributed by atoms with Gasteiger partial charge in [0.25, 0.3) is 0 Å². The summed E-state index contributed by atoms with van der Waals surface area (Å²) in [5, 5.41) is 2.68. The molecule has 1 aromatic carbocycles. The van der Waals surface area contributed by atoms with Crippen molar-refractivity contribution < 1.29 is 0 Å². The molecule has 2 aromatic heterocycles. The fourth-order valence-electron chi connectivity index (χ4n) is 3.20. The first-order valence-electron chi connectivity index (χ1n) is 8.04. The first-order chi connectivity index (χ1) is 11.6. The van der Waals surface area contributed by atoms with Crippen LogP contribution in [-0.2, 0) is 13.6 Å². The lowest BCUT2D eigenvalue weighted by Gasteiger charge is -2.30. The first-order valence-corrected chi connectivity index (χ1v) is 9.62. The van der Waals surface area contributed by atoms with E-state index in [0.29, 0.717) is 11.1 Å². The Hall–Kier alpha value is -1.14. The predicted molar refractivity (Wildman–Crippen MR) is 100 cm³/mol. The highest BCUT2D eigenvalue weighted by Gasteiger charge is 2.24. The molecule has 1 aliphatic heterocycles. The summed E-state index contributed by atoms with van der Waals surface area (Å²) in [7, 11) is 1.96. The van der Waals surface area contributed by atoms with Crippen LogP contribution in [0.2, 0.25) is 10.2 Å². The molecule has 1 fully saturated rings. The number of halogens is 2. The van der Waals surface area contributed by atoms with E-state index < -0.39 is 0 Å². The highest BCUT2D eigenvalue weighted by Crippen LogP contribution is 2.34. The summed E-state index contributed by atoms with van der Waals surface area (Å²) in [6, 6.07) is 5.96. The highest BCUT2D eigenvalue weighted by molar-refractivity contribution is 7.18. The zero-order chi connectivity index (χ0) is 16.7. The Kier molecular flexibility index (Phi) is 4.52. The van der Waals surface area contributed by atoms with E-state index in [1.54, 1.807) is 17.5 Å². The zero-order valence-electron chi connectivity index (χ0n) is 13.4. The number of aromatic nitrogens is 3. The van der Waals surface area contributed by atoms with Crippen LogP contribution in [0.4, 0.5) is 0 Å². The average Bonchev–Trinajstić information content (AvgIpc) is 3.13. The SMILES string of the molecule is Cn1c(Cl)cnc1CN1CCC(c2nc3cc(Cl)ccc3s2)CC1. The molecule has 3 heterocycles. The third kappa shape index (κ3) is 3.18. The molecule has 0 radical (unpaired) electrons. The molecule has 4 nitrogen and oxygen atoms in total. The molecule has 4 rings (SSSR count). The second-order valence-corrected chi connectivity index (χ2v) is 8.16. The van der Waals surface area contributed by atoms with Crippen molar-refractivity contribution in [2.75, 3.05) is 13.1 Å². The average molecular weight is 381 g/mol. The van der Waals surface area contributed by atoms with E-state index in [1.165, 1.54) is 9.71 Å². The van der Waals surface area contributed by atoms with Crippen LogP contribution < -0.4 is 0 Å². The number of hydrogen-bond acceptors (Lipinski definition) is 4. The molecule has 0 amide bonds. The summed E-state index contributed by atoms with van der Waals surface area (Å²) in [6.45, 7) is 2.98. The van der Waals surface area contributed by atoms with Crippen molar-refractivity contribution in [2.45, 2.75) is 25.3 Å². The molecule has 3 aromatic rings. The standard InChI is InChI=1S/C17H18Cl2N4S/c1-22-15(19)9-20-16(22)10-23-6-4-11(5-7-23)17-21-13-8-12(18)2-3-14(13)24-17/h2-3,8-9,11H,4-7,10H2,1H3. The van der Waals surface area contributed by atoms with E-state index in [2.05, 4.69) is 16.0 Å². The summed E-state index contributed by atoms with van der Waals surface area (Å²) in [5.41, 5.74) is 1.02. The summed E-state index contributed by atoms with van der Waals surface area (Å²) >= 11 is 13.9. The molecular formula is C17H18Cl2N4S. The Morgan fingerprint density at radius 3 is 2.75 bits per heavy atom. The van der Waals surface area contributed by atoms with Gasteiger partial charge in [0.05, 0.1) is 28.0 Å². The van der Waals surface area contributed by atoms with E-state index in [0.717, 1.165) is 48.8 Å². The third-order valence-corrected chi connectivity index (χ3v) is 6.48. The number of fused-ring (bicyclic) bond motifs is 1. The van der Waals surface area contributed by atoms with Gasteiger partial charge in [-0.05, 0) is 44.1 Å². The van der Waals surface area contributed by atoms with E-state index in [4.69, 9.17) is 28.2 Å². The smallest absolute Gasteiger partial charge is 0.128 e. The predicted octanol–water partition coefficient (Wildman–Crippen LogP) is 4.72. The second-order valence-electron chi connectivity index (χ2n) is 6.27. The molecule has 0 N–H and O–H groups in total. The number of nitrogens with zero attached hydrogens (tertiary/aromatic N) is 4. The fraction of sp³-hybridized carbons (Fsp3) is 0.412. The van der Waals surface area contributed by atoms with Crippen molar-refractivity contribution in [3.63, 3.8) is 0 Å². The molecule has 1 saturated heterocycles. The highest BCUT2D eigenvalue weighted by atomic mass is 35.5. The lowest BCUT2D eigenvalue weighted by molar-refractivity contribution is 0.198. The molecule has 0 unspecified atom stereocenters. The second kappa shape index (κ2) is 6.64. The molecule has 7 heteroatoms. The Morgan fingerprint density at radius 2 is 2.04 bits per heavy atom. The summed E-state index contributed by atoms with van der Waals surface area (Å²) in [6.07, 6.45) is 3.98. The maximum absolute atomic E-state index is 6.07. The fourth-order valence-corrected chi connectivity index (χ4v) is 4.63. The van der Waals surface area contributed by atoms with Gasteiger partial charge in [-0.2, -0.15) is 0 Å². The van der Waals surface area contributed by atoms with Crippen LogP contribution in [0.5, 0.6) is 0 Å². The molecule has 0 aliphatic carbocycles. The molecule has 0 saturated carbocycles. The van der Waals surface area contributed by atoms with Crippen LogP contribution >= 0.6 is 34.5 Å². The van der Waals surface area contributed by atoms with E-state index in [-0.39, 0.29) is 0 Å². The van der Waals surface area contributed by atoms with Gasteiger partial charge < -0.3 is 4.57 Å². The normalized spacial score (nSPS) is 17.0. The minimum Gasteiger partial charge on any atom is -0.321 e. The molecular weight excluding hydrogens is 363 g/mol. The van der Waals surface area contributed by atoms with Crippen molar-refractivity contribution in [1.82, 2.24) is 19.4 Å². The lowest BCUT2D eigenvalue weighted by atomic mass is 9.97. The van der Waals surface area contributed by atoms with Crippen LogP contribution in [0, 0.1) is 0 Å². The Morgan fingerprint density at radius 1 is 1.25 bits per heavy atom. The van der Waals surface area contributed by atoms with Gasteiger partial charge in [0.1, 0.15) is 11.0 Å². The molecule has 0 bridgehead atoms. The number of benzene rings is 1. The quantitative estimate of drug-likeness (QED) is 0.659.